The molecule has 0 atom stereocenters. The van der Waals surface area contributed by atoms with E-state index in [0.717, 1.165) is 79.5 Å². The molecule has 12 heteroatoms. The number of halogens is 1. The SMILES string of the molecule is CS(=O)(=O)N1CCc2c(c(-c3ccc(Cl)c(C#Cc4ccc(CNCC(=O)O)cc4)c3)nn2CCCN2CCOCC2)C1. The van der Waals surface area contributed by atoms with Gasteiger partial charge in [0.15, 0.2) is 0 Å². The van der Waals surface area contributed by atoms with Crippen molar-refractivity contribution >= 4 is 27.6 Å². The first-order valence-electron chi connectivity index (χ1n) is 14.3. The molecular weight excluding hydrogens is 590 g/mol. The van der Waals surface area contributed by atoms with Crippen LogP contribution in [0.4, 0.5) is 0 Å². The quantitative estimate of drug-likeness (QED) is 0.331. The molecule has 0 spiro atoms. The van der Waals surface area contributed by atoms with Gasteiger partial charge in [0.2, 0.25) is 10.0 Å². The third kappa shape index (κ3) is 8.23. The fourth-order valence-corrected chi connectivity index (χ4v) is 6.31. The van der Waals surface area contributed by atoms with Crippen LogP contribution in [0.25, 0.3) is 11.3 Å². The molecule has 0 radical (unpaired) electrons. The molecule has 0 bridgehead atoms. The van der Waals surface area contributed by atoms with Gasteiger partial charge in [0, 0.05) is 80.2 Å². The van der Waals surface area contributed by atoms with E-state index >= 15 is 0 Å². The molecule has 1 saturated heterocycles. The Bertz CT molecular complexity index is 1620. The lowest BCUT2D eigenvalue weighted by Gasteiger charge is -2.27. The molecule has 0 unspecified atom stereocenters. The number of morpholine rings is 1. The van der Waals surface area contributed by atoms with Crippen molar-refractivity contribution in [2.75, 3.05) is 52.2 Å². The Morgan fingerprint density at radius 1 is 1.09 bits per heavy atom. The Hall–Kier alpha value is -3.24. The first-order chi connectivity index (χ1) is 20.7. The first-order valence-corrected chi connectivity index (χ1v) is 16.6. The maximum absolute atomic E-state index is 12.4. The maximum Gasteiger partial charge on any atom is 0.317 e. The van der Waals surface area contributed by atoms with Gasteiger partial charge in [0.05, 0.1) is 36.7 Å². The number of sulfonamides is 1. The summed E-state index contributed by atoms with van der Waals surface area (Å²) < 4.78 is 33.9. The summed E-state index contributed by atoms with van der Waals surface area (Å²) >= 11 is 6.55. The number of aromatic nitrogens is 2. The molecule has 43 heavy (non-hydrogen) atoms. The van der Waals surface area contributed by atoms with Crippen molar-refractivity contribution in [3.05, 3.63) is 75.4 Å². The molecule has 1 aromatic heterocycles. The minimum Gasteiger partial charge on any atom is -0.480 e. The Balaban J connectivity index is 1.38. The number of nitrogens with one attached hydrogen (secondary N) is 1. The van der Waals surface area contributed by atoms with Gasteiger partial charge < -0.3 is 15.2 Å². The van der Waals surface area contributed by atoms with E-state index in [2.05, 4.69) is 26.7 Å². The predicted octanol–water partition coefficient (Wildman–Crippen LogP) is 2.82. The molecular formula is C31H36ClN5O5S. The zero-order valence-corrected chi connectivity index (χ0v) is 25.8. The number of hydrogen-bond donors (Lipinski definition) is 2. The molecule has 2 aliphatic rings. The van der Waals surface area contributed by atoms with Crippen LogP contribution in [0.3, 0.4) is 0 Å². The molecule has 1 fully saturated rings. The van der Waals surface area contributed by atoms with E-state index in [1.165, 1.54) is 10.6 Å². The van der Waals surface area contributed by atoms with Gasteiger partial charge in [-0.2, -0.15) is 9.40 Å². The van der Waals surface area contributed by atoms with E-state index in [4.69, 9.17) is 26.5 Å². The van der Waals surface area contributed by atoms with Gasteiger partial charge in [-0.3, -0.25) is 14.4 Å². The standard InChI is InChI=1S/C31H36ClN5O5S/c1-43(40,41)36-14-11-29-27(22-36)31(34-37(29)13-2-12-35-15-17-42-18-16-35)26-9-10-28(32)25(19-26)8-7-23-3-5-24(6-4-23)20-33-21-30(38)39/h3-6,9-10,19,33H,2,11-18,20-22H2,1H3,(H,38,39). The molecule has 3 heterocycles. The normalized spacial score (nSPS) is 16.0. The molecule has 0 saturated carbocycles. The third-order valence-electron chi connectivity index (χ3n) is 7.66. The molecule has 10 nitrogen and oxygen atoms in total. The van der Waals surface area contributed by atoms with Crippen LogP contribution in [0.1, 0.15) is 34.4 Å². The average molecular weight is 626 g/mol. The molecule has 2 N–H and O–H groups in total. The lowest BCUT2D eigenvalue weighted by Crippen LogP contribution is -2.37. The summed E-state index contributed by atoms with van der Waals surface area (Å²) in [6.45, 7) is 6.19. The highest BCUT2D eigenvalue weighted by molar-refractivity contribution is 7.88. The van der Waals surface area contributed by atoms with Crippen LogP contribution >= 0.6 is 11.6 Å². The van der Waals surface area contributed by atoms with Crippen molar-refractivity contribution in [2.45, 2.75) is 32.5 Å². The number of nitrogens with zero attached hydrogens (tertiary/aromatic N) is 4. The van der Waals surface area contributed by atoms with Crippen molar-refractivity contribution in [2.24, 2.45) is 0 Å². The summed E-state index contributed by atoms with van der Waals surface area (Å²) in [4.78, 5) is 13.1. The van der Waals surface area contributed by atoms with Crippen LogP contribution in [0.15, 0.2) is 42.5 Å². The number of hydrogen-bond acceptors (Lipinski definition) is 7. The van der Waals surface area contributed by atoms with Gasteiger partial charge in [-0.05, 0) is 36.2 Å². The summed E-state index contributed by atoms with van der Waals surface area (Å²) in [6, 6.07) is 13.2. The summed E-state index contributed by atoms with van der Waals surface area (Å²) in [5.41, 5.74) is 6.01. The van der Waals surface area contributed by atoms with Gasteiger partial charge in [0.25, 0.3) is 0 Å². The number of carbonyl (C=O) groups is 1. The van der Waals surface area contributed by atoms with E-state index in [0.29, 0.717) is 30.1 Å². The highest BCUT2D eigenvalue weighted by Crippen LogP contribution is 2.33. The summed E-state index contributed by atoms with van der Waals surface area (Å²) in [6.07, 6.45) is 2.80. The molecule has 5 rings (SSSR count). The molecule has 0 amide bonds. The van der Waals surface area contributed by atoms with E-state index in [1.54, 1.807) is 6.07 Å². The Morgan fingerprint density at radius 2 is 1.86 bits per heavy atom. The Morgan fingerprint density at radius 3 is 2.58 bits per heavy atom. The minimum absolute atomic E-state index is 0.0986. The predicted molar refractivity (Wildman–Crippen MR) is 165 cm³/mol. The smallest absolute Gasteiger partial charge is 0.317 e. The molecule has 3 aromatic rings. The van der Waals surface area contributed by atoms with Crippen molar-refractivity contribution in [3.63, 3.8) is 0 Å². The largest absolute Gasteiger partial charge is 0.480 e. The van der Waals surface area contributed by atoms with Gasteiger partial charge >= 0.3 is 5.97 Å². The maximum atomic E-state index is 12.4. The Kier molecular flexibility index (Phi) is 10.2. The summed E-state index contributed by atoms with van der Waals surface area (Å²) in [7, 11) is -3.35. The fraction of sp³-hybridized carbons (Fsp3) is 0.419. The second kappa shape index (κ2) is 14.0. The average Bonchev–Trinajstić information content (AvgIpc) is 3.35. The van der Waals surface area contributed by atoms with Crippen molar-refractivity contribution in [1.29, 1.82) is 0 Å². The fourth-order valence-electron chi connectivity index (χ4n) is 5.36. The molecule has 2 aliphatic heterocycles. The van der Waals surface area contributed by atoms with Crippen LogP contribution in [-0.2, 0) is 45.6 Å². The van der Waals surface area contributed by atoms with E-state index in [-0.39, 0.29) is 13.1 Å². The number of aliphatic carboxylic acids is 1. The van der Waals surface area contributed by atoms with Gasteiger partial charge in [-0.15, -0.1) is 0 Å². The van der Waals surface area contributed by atoms with E-state index in [1.807, 2.05) is 36.4 Å². The number of carboxylic acids is 1. The van der Waals surface area contributed by atoms with E-state index in [9.17, 15) is 13.2 Å². The number of aryl methyl sites for hydroxylation is 1. The van der Waals surface area contributed by atoms with Crippen LogP contribution in [0, 0.1) is 11.8 Å². The lowest BCUT2D eigenvalue weighted by molar-refractivity contribution is -0.136. The summed E-state index contributed by atoms with van der Waals surface area (Å²) in [5.74, 6) is 5.44. The van der Waals surface area contributed by atoms with Gasteiger partial charge in [-0.1, -0.05) is 41.6 Å². The summed E-state index contributed by atoms with van der Waals surface area (Å²) in [5, 5.41) is 17.2. The van der Waals surface area contributed by atoms with Gasteiger partial charge in [0.1, 0.15) is 0 Å². The Labute approximate surface area is 257 Å². The number of fused-ring (bicyclic) bond motifs is 1. The minimum atomic E-state index is -3.35. The third-order valence-corrected chi connectivity index (χ3v) is 9.24. The molecule has 2 aromatic carbocycles. The van der Waals surface area contributed by atoms with E-state index < -0.39 is 16.0 Å². The van der Waals surface area contributed by atoms with Crippen LogP contribution in [0.2, 0.25) is 5.02 Å². The lowest BCUT2D eigenvalue weighted by atomic mass is 10.0. The highest BCUT2D eigenvalue weighted by Gasteiger charge is 2.30. The first kappa shape index (κ1) is 31.2. The van der Waals surface area contributed by atoms with Crippen LogP contribution < -0.4 is 5.32 Å². The zero-order valence-electron chi connectivity index (χ0n) is 24.2. The van der Waals surface area contributed by atoms with Crippen molar-refractivity contribution < 1.29 is 23.1 Å². The molecule has 0 aliphatic carbocycles. The number of carboxylic acid groups (broad SMARTS) is 1. The van der Waals surface area contributed by atoms with Gasteiger partial charge in [-0.25, -0.2) is 8.42 Å². The second-order valence-electron chi connectivity index (χ2n) is 10.8. The van der Waals surface area contributed by atoms with Crippen molar-refractivity contribution in [3.8, 4) is 23.1 Å². The van der Waals surface area contributed by atoms with Crippen molar-refractivity contribution in [1.82, 2.24) is 24.3 Å². The topological polar surface area (TPSA) is 117 Å². The number of ether oxygens (including phenoxy) is 1. The number of rotatable bonds is 10. The number of benzene rings is 2. The van der Waals surface area contributed by atoms with Crippen LogP contribution in [-0.4, -0.2) is 90.7 Å². The molecule has 228 valence electrons. The highest BCUT2D eigenvalue weighted by atomic mass is 35.5. The van der Waals surface area contributed by atoms with Crippen LogP contribution in [0.5, 0.6) is 0 Å². The second-order valence-corrected chi connectivity index (χ2v) is 13.2. The zero-order chi connectivity index (χ0) is 30.4. The monoisotopic (exact) mass is 625 g/mol.